The van der Waals surface area contributed by atoms with E-state index in [2.05, 4.69) is 10.6 Å². The topological polar surface area (TPSA) is 67.4 Å². The SMILES string of the molecule is COc1ccc(NC(=O)C(C)NC(=O)c2ccc(Cl)cc2)cc1. The van der Waals surface area contributed by atoms with Gasteiger partial charge in [-0.3, -0.25) is 9.59 Å². The second-order valence-electron chi connectivity index (χ2n) is 4.92. The summed E-state index contributed by atoms with van der Waals surface area (Å²) >= 11 is 5.78. The molecule has 2 rings (SSSR count). The molecule has 2 aromatic rings. The highest BCUT2D eigenvalue weighted by molar-refractivity contribution is 6.30. The first-order chi connectivity index (χ1) is 11.0. The lowest BCUT2D eigenvalue weighted by Gasteiger charge is -2.14. The van der Waals surface area contributed by atoms with E-state index in [9.17, 15) is 9.59 Å². The molecule has 5 nitrogen and oxygen atoms in total. The lowest BCUT2D eigenvalue weighted by Crippen LogP contribution is -2.41. The van der Waals surface area contributed by atoms with Crippen molar-refractivity contribution in [3.8, 4) is 5.75 Å². The predicted octanol–water partition coefficient (Wildman–Crippen LogP) is 3.11. The molecular weight excluding hydrogens is 316 g/mol. The maximum Gasteiger partial charge on any atom is 0.251 e. The third-order valence-corrected chi connectivity index (χ3v) is 3.46. The van der Waals surface area contributed by atoms with Crippen molar-refractivity contribution in [1.82, 2.24) is 5.32 Å². The molecule has 0 aliphatic heterocycles. The number of nitrogens with one attached hydrogen (secondary N) is 2. The third kappa shape index (κ3) is 4.72. The largest absolute Gasteiger partial charge is 0.497 e. The zero-order chi connectivity index (χ0) is 16.8. The first-order valence-electron chi connectivity index (χ1n) is 7.01. The van der Waals surface area contributed by atoms with Gasteiger partial charge in [0.05, 0.1) is 7.11 Å². The van der Waals surface area contributed by atoms with Crippen molar-refractivity contribution >= 4 is 29.1 Å². The average molecular weight is 333 g/mol. The number of ether oxygens (including phenoxy) is 1. The molecule has 0 heterocycles. The van der Waals surface area contributed by atoms with Gasteiger partial charge in [-0.1, -0.05) is 11.6 Å². The van der Waals surface area contributed by atoms with Crippen molar-refractivity contribution in [2.75, 3.05) is 12.4 Å². The van der Waals surface area contributed by atoms with Gasteiger partial charge in [0.2, 0.25) is 5.91 Å². The number of anilines is 1. The molecule has 0 aromatic heterocycles. The van der Waals surface area contributed by atoms with Gasteiger partial charge in [-0.25, -0.2) is 0 Å². The Morgan fingerprint density at radius 3 is 2.22 bits per heavy atom. The molecule has 23 heavy (non-hydrogen) atoms. The Morgan fingerprint density at radius 1 is 1.04 bits per heavy atom. The molecule has 0 spiro atoms. The first-order valence-corrected chi connectivity index (χ1v) is 7.39. The number of methoxy groups -OCH3 is 1. The zero-order valence-corrected chi connectivity index (χ0v) is 13.6. The van der Waals surface area contributed by atoms with Gasteiger partial charge in [-0.15, -0.1) is 0 Å². The van der Waals surface area contributed by atoms with E-state index in [1.165, 1.54) is 0 Å². The Labute approximate surface area is 139 Å². The highest BCUT2D eigenvalue weighted by atomic mass is 35.5. The summed E-state index contributed by atoms with van der Waals surface area (Å²) in [5.41, 5.74) is 1.07. The van der Waals surface area contributed by atoms with Gasteiger partial charge in [0, 0.05) is 16.3 Å². The maximum atomic E-state index is 12.1. The number of halogens is 1. The van der Waals surface area contributed by atoms with Crippen LogP contribution in [0.4, 0.5) is 5.69 Å². The number of hydrogen-bond donors (Lipinski definition) is 2. The van der Waals surface area contributed by atoms with Crippen LogP contribution in [0, 0.1) is 0 Å². The maximum absolute atomic E-state index is 12.1. The Balaban J connectivity index is 1.93. The van der Waals surface area contributed by atoms with E-state index >= 15 is 0 Å². The van der Waals surface area contributed by atoms with Crippen LogP contribution in [0.15, 0.2) is 48.5 Å². The van der Waals surface area contributed by atoms with E-state index in [0.29, 0.717) is 22.0 Å². The van der Waals surface area contributed by atoms with Crippen molar-refractivity contribution in [1.29, 1.82) is 0 Å². The Morgan fingerprint density at radius 2 is 1.65 bits per heavy atom. The Kier molecular flexibility index (Phi) is 5.60. The summed E-state index contributed by atoms with van der Waals surface area (Å²) in [6, 6.07) is 12.7. The van der Waals surface area contributed by atoms with Gasteiger partial charge in [0.1, 0.15) is 11.8 Å². The van der Waals surface area contributed by atoms with Gasteiger partial charge in [-0.2, -0.15) is 0 Å². The summed E-state index contributed by atoms with van der Waals surface area (Å²) in [6.45, 7) is 1.62. The molecule has 0 bridgehead atoms. The molecule has 2 aromatic carbocycles. The molecule has 2 N–H and O–H groups in total. The van der Waals surface area contributed by atoms with E-state index in [1.807, 2.05) is 0 Å². The van der Waals surface area contributed by atoms with Crippen LogP contribution in [0.25, 0.3) is 0 Å². The summed E-state index contributed by atoms with van der Waals surface area (Å²) < 4.78 is 5.05. The van der Waals surface area contributed by atoms with Gasteiger partial charge in [-0.05, 0) is 55.5 Å². The molecule has 0 saturated heterocycles. The van der Waals surface area contributed by atoms with Crippen molar-refractivity contribution in [3.05, 3.63) is 59.1 Å². The predicted molar refractivity (Wildman–Crippen MR) is 90.0 cm³/mol. The zero-order valence-electron chi connectivity index (χ0n) is 12.8. The molecule has 0 fully saturated rings. The molecule has 0 aliphatic rings. The molecule has 120 valence electrons. The minimum atomic E-state index is -0.680. The average Bonchev–Trinajstić information content (AvgIpc) is 2.56. The van der Waals surface area contributed by atoms with Crippen LogP contribution in [0.5, 0.6) is 5.75 Å². The summed E-state index contributed by atoms with van der Waals surface area (Å²) in [4.78, 5) is 24.2. The van der Waals surface area contributed by atoms with Crippen LogP contribution in [0.2, 0.25) is 5.02 Å². The van der Waals surface area contributed by atoms with Crippen molar-refractivity contribution < 1.29 is 14.3 Å². The smallest absolute Gasteiger partial charge is 0.251 e. The lowest BCUT2D eigenvalue weighted by atomic mass is 10.2. The molecule has 6 heteroatoms. The van der Waals surface area contributed by atoms with Crippen LogP contribution in [0.1, 0.15) is 17.3 Å². The normalized spacial score (nSPS) is 11.4. The number of hydrogen-bond acceptors (Lipinski definition) is 3. The molecule has 1 atom stereocenters. The number of amides is 2. The fourth-order valence-electron chi connectivity index (χ4n) is 1.87. The highest BCUT2D eigenvalue weighted by Crippen LogP contribution is 2.15. The van der Waals surface area contributed by atoms with Crippen LogP contribution in [-0.4, -0.2) is 25.0 Å². The van der Waals surface area contributed by atoms with E-state index in [1.54, 1.807) is 62.6 Å². The quantitative estimate of drug-likeness (QED) is 0.884. The molecule has 0 aliphatic carbocycles. The number of rotatable bonds is 5. The van der Waals surface area contributed by atoms with Crippen LogP contribution in [0.3, 0.4) is 0 Å². The van der Waals surface area contributed by atoms with Crippen LogP contribution < -0.4 is 15.4 Å². The molecule has 1 unspecified atom stereocenters. The van der Waals surface area contributed by atoms with Gasteiger partial charge in [0.15, 0.2) is 0 Å². The minimum Gasteiger partial charge on any atom is -0.497 e. The molecule has 0 saturated carbocycles. The number of carbonyl (C=O) groups is 2. The Hall–Kier alpha value is -2.53. The van der Waals surface area contributed by atoms with Gasteiger partial charge >= 0.3 is 0 Å². The molecule has 0 radical (unpaired) electrons. The first kappa shape index (κ1) is 16.8. The monoisotopic (exact) mass is 332 g/mol. The van der Waals surface area contributed by atoms with E-state index < -0.39 is 6.04 Å². The summed E-state index contributed by atoms with van der Waals surface area (Å²) in [6.07, 6.45) is 0. The fourth-order valence-corrected chi connectivity index (χ4v) is 2.00. The van der Waals surface area contributed by atoms with E-state index in [4.69, 9.17) is 16.3 Å². The summed E-state index contributed by atoms with van der Waals surface area (Å²) in [5.74, 6) is 0.0589. The standard InChI is InChI=1S/C17H17ClN2O3/c1-11(19-17(22)12-3-5-13(18)6-4-12)16(21)20-14-7-9-15(23-2)10-8-14/h3-11H,1-2H3,(H,19,22)(H,20,21). The summed E-state index contributed by atoms with van der Waals surface area (Å²) in [7, 11) is 1.57. The third-order valence-electron chi connectivity index (χ3n) is 3.20. The molecule has 2 amide bonds. The van der Waals surface area contributed by atoms with Gasteiger partial charge < -0.3 is 15.4 Å². The lowest BCUT2D eigenvalue weighted by molar-refractivity contribution is -0.117. The van der Waals surface area contributed by atoms with Gasteiger partial charge in [0.25, 0.3) is 5.91 Å². The fraction of sp³-hybridized carbons (Fsp3) is 0.176. The second kappa shape index (κ2) is 7.65. The second-order valence-corrected chi connectivity index (χ2v) is 5.36. The van der Waals surface area contributed by atoms with Crippen LogP contribution in [-0.2, 0) is 4.79 Å². The summed E-state index contributed by atoms with van der Waals surface area (Å²) in [5, 5.41) is 5.92. The minimum absolute atomic E-state index is 0.308. The number of carbonyl (C=O) groups excluding carboxylic acids is 2. The van der Waals surface area contributed by atoms with E-state index in [-0.39, 0.29) is 11.8 Å². The van der Waals surface area contributed by atoms with Crippen molar-refractivity contribution in [2.24, 2.45) is 0 Å². The van der Waals surface area contributed by atoms with Crippen molar-refractivity contribution in [3.63, 3.8) is 0 Å². The van der Waals surface area contributed by atoms with Crippen LogP contribution >= 0.6 is 11.6 Å². The van der Waals surface area contributed by atoms with Crippen molar-refractivity contribution in [2.45, 2.75) is 13.0 Å². The Bertz CT molecular complexity index is 684. The highest BCUT2D eigenvalue weighted by Gasteiger charge is 2.16. The van der Waals surface area contributed by atoms with E-state index in [0.717, 1.165) is 0 Å². The molecular formula is C17H17ClN2O3. The number of benzene rings is 2.